The number of aromatic nitrogens is 3. The predicted molar refractivity (Wildman–Crippen MR) is 270 cm³/mol. The second-order valence-electron chi connectivity index (χ2n) is 17.4. The molecule has 4 aromatic carbocycles. The number of pyridine rings is 2. The van der Waals surface area contributed by atoms with E-state index in [-0.39, 0.29) is 0 Å². The fraction of sp³-hybridized carbons (Fsp3) is 0.241. The summed E-state index contributed by atoms with van der Waals surface area (Å²) < 4.78 is 0. The third-order valence-electron chi connectivity index (χ3n) is 12.7. The molecule has 0 spiro atoms. The molecule has 0 bridgehead atoms. The SMILES string of the molecule is C=C(C)c1ccc2cc(-c3ccccn3)[nH]c2c1.CN1CCN(c2ccc(N)c(N)c2)CC1.CN1CCN(c2ccc3c(c2)CC(c2ccc4c(c2)CC(c2ccccn2)=C4)=N3)CC1. The number of fused-ring (bicyclic) bond motifs is 3. The van der Waals surface area contributed by atoms with Gasteiger partial charge in [0.1, 0.15) is 0 Å². The number of H-pyrrole nitrogens is 1. The van der Waals surface area contributed by atoms with Crippen LogP contribution in [0, 0.1) is 0 Å². The lowest BCUT2D eigenvalue weighted by atomic mass is 9.99. The van der Waals surface area contributed by atoms with Gasteiger partial charge < -0.3 is 36.1 Å². The fourth-order valence-corrected chi connectivity index (χ4v) is 8.73. The summed E-state index contributed by atoms with van der Waals surface area (Å²) in [6.07, 6.45) is 7.80. The van der Waals surface area contributed by atoms with E-state index in [1.807, 2.05) is 55.6 Å². The molecule has 0 radical (unpaired) electrons. The van der Waals surface area contributed by atoms with Crippen molar-refractivity contribution < 1.29 is 0 Å². The summed E-state index contributed by atoms with van der Waals surface area (Å²) in [5.41, 5.74) is 30.6. The zero-order chi connectivity index (χ0) is 44.2. The van der Waals surface area contributed by atoms with Gasteiger partial charge in [-0.25, -0.2) is 0 Å². The number of anilines is 4. The molecule has 5 N–H and O–H groups in total. The van der Waals surface area contributed by atoms with Crippen molar-refractivity contribution in [3.05, 3.63) is 168 Å². The minimum Gasteiger partial charge on any atom is -0.397 e. The summed E-state index contributed by atoms with van der Waals surface area (Å²) >= 11 is 0. The van der Waals surface area contributed by atoms with Gasteiger partial charge in [-0.05, 0) is 139 Å². The summed E-state index contributed by atoms with van der Waals surface area (Å²) in [5.74, 6) is 0. The lowest BCUT2D eigenvalue weighted by Crippen LogP contribution is -2.44. The minimum absolute atomic E-state index is 0.660. The normalized spacial score (nSPS) is 15.9. The Morgan fingerprint density at radius 2 is 1.30 bits per heavy atom. The monoisotopic (exact) mass is 846 g/mol. The molecule has 10 nitrogen and oxygen atoms in total. The quantitative estimate of drug-likeness (QED) is 0.142. The Balaban J connectivity index is 0.000000133. The van der Waals surface area contributed by atoms with Crippen molar-refractivity contribution in [1.29, 1.82) is 0 Å². The maximum Gasteiger partial charge on any atom is 0.0864 e. The third kappa shape index (κ3) is 9.63. The first-order valence-corrected chi connectivity index (χ1v) is 22.3. The van der Waals surface area contributed by atoms with Crippen molar-refractivity contribution in [3.63, 3.8) is 0 Å². The largest absolute Gasteiger partial charge is 0.397 e. The molecule has 11 rings (SSSR count). The van der Waals surface area contributed by atoms with Crippen LogP contribution < -0.4 is 21.3 Å². The van der Waals surface area contributed by atoms with E-state index in [0.717, 1.165) is 105 Å². The van der Waals surface area contributed by atoms with Crippen LogP contribution in [0.2, 0.25) is 0 Å². The minimum atomic E-state index is 0.660. The van der Waals surface area contributed by atoms with Crippen LogP contribution >= 0.6 is 0 Å². The number of likely N-dealkylation sites (N-methyl/N-ethyl adjacent to an activating group) is 2. The topological polar surface area (TPSA) is 119 Å². The van der Waals surface area contributed by atoms with E-state index in [9.17, 15) is 0 Å². The lowest BCUT2D eigenvalue weighted by molar-refractivity contribution is 0.313. The molecule has 0 amide bonds. The average molecular weight is 847 g/mol. The molecule has 324 valence electrons. The van der Waals surface area contributed by atoms with E-state index in [0.29, 0.717) is 11.4 Å². The number of allylic oxidation sites excluding steroid dienone is 2. The highest BCUT2D eigenvalue weighted by Crippen LogP contribution is 2.36. The lowest BCUT2D eigenvalue weighted by Gasteiger charge is -2.34. The molecule has 2 fully saturated rings. The number of nitrogens with two attached hydrogens (primary N) is 2. The zero-order valence-corrected chi connectivity index (χ0v) is 37.3. The van der Waals surface area contributed by atoms with E-state index in [2.05, 4.69) is 134 Å². The molecule has 7 aromatic rings. The number of hydrogen-bond acceptors (Lipinski definition) is 9. The second-order valence-corrected chi connectivity index (χ2v) is 17.4. The maximum absolute atomic E-state index is 5.79. The van der Waals surface area contributed by atoms with Crippen LogP contribution in [0.5, 0.6) is 0 Å². The van der Waals surface area contributed by atoms with Crippen LogP contribution in [-0.4, -0.2) is 96.9 Å². The van der Waals surface area contributed by atoms with E-state index in [1.165, 1.54) is 50.3 Å². The molecular formula is C54H58N10. The molecule has 0 atom stereocenters. The van der Waals surface area contributed by atoms with Crippen LogP contribution in [0.25, 0.3) is 39.5 Å². The molecule has 3 aromatic heterocycles. The standard InChI is InChI=1S/C27H26N4.C16H14N2.C11H18N4/c1-30-10-12-31(13-11-30)24-7-8-26-23(17-24)18-27(29-26)20-6-5-19-14-22(16-21(19)15-20)25-4-2-3-9-28-25;1-11(2)12-6-7-13-10-16(18-15(13)9-12)14-5-3-4-8-17-14;1-14-4-6-15(7-5-14)9-2-3-10(12)11(13)8-9/h2-9,14-15,17H,10-13,16,18H2,1H3;3-10,18H,1H2,2H3;2-3,8H,4-7,12-13H2,1H3. The van der Waals surface area contributed by atoms with Crippen molar-refractivity contribution in [1.82, 2.24) is 24.8 Å². The average Bonchev–Trinajstić information content (AvgIpc) is 4.08. The molecule has 0 unspecified atom stereocenters. The summed E-state index contributed by atoms with van der Waals surface area (Å²) in [6, 6.07) is 40.0. The molecule has 3 aliphatic heterocycles. The highest BCUT2D eigenvalue weighted by atomic mass is 15.3. The van der Waals surface area contributed by atoms with E-state index < -0.39 is 0 Å². The smallest absolute Gasteiger partial charge is 0.0864 e. The number of nitrogen functional groups attached to an aromatic ring is 2. The van der Waals surface area contributed by atoms with Gasteiger partial charge in [0.15, 0.2) is 0 Å². The highest BCUT2D eigenvalue weighted by Gasteiger charge is 2.22. The zero-order valence-electron chi connectivity index (χ0n) is 37.3. The first kappa shape index (κ1) is 42.3. The van der Waals surface area contributed by atoms with Crippen LogP contribution in [0.3, 0.4) is 0 Å². The molecule has 64 heavy (non-hydrogen) atoms. The van der Waals surface area contributed by atoms with Gasteiger partial charge >= 0.3 is 0 Å². The van der Waals surface area contributed by atoms with Crippen molar-refractivity contribution in [2.45, 2.75) is 19.8 Å². The number of nitrogens with zero attached hydrogens (tertiary/aromatic N) is 7. The summed E-state index contributed by atoms with van der Waals surface area (Å²) in [5, 5.41) is 1.20. The number of aliphatic imine (C=N–C) groups is 1. The van der Waals surface area contributed by atoms with E-state index >= 15 is 0 Å². The Morgan fingerprint density at radius 1 is 0.625 bits per heavy atom. The number of aromatic amines is 1. The molecule has 2 saturated heterocycles. The van der Waals surface area contributed by atoms with Gasteiger partial charge in [-0.3, -0.25) is 15.0 Å². The Hall–Kier alpha value is -7.01. The van der Waals surface area contributed by atoms with Gasteiger partial charge in [-0.15, -0.1) is 0 Å². The Kier molecular flexibility index (Phi) is 12.4. The van der Waals surface area contributed by atoms with Gasteiger partial charge in [0.25, 0.3) is 0 Å². The van der Waals surface area contributed by atoms with Gasteiger partial charge in [0, 0.05) is 99.9 Å². The van der Waals surface area contributed by atoms with Crippen molar-refractivity contribution in [2.24, 2.45) is 4.99 Å². The maximum atomic E-state index is 5.79. The van der Waals surface area contributed by atoms with Gasteiger partial charge in [0.05, 0.1) is 39.9 Å². The second kappa shape index (κ2) is 18.8. The summed E-state index contributed by atoms with van der Waals surface area (Å²) in [4.78, 5) is 26.8. The third-order valence-corrected chi connectivity index (χ3v) is 12.7. The molecular weight excluding hydrogens is 789 g/mol. The number of nitrogens with one attached hydrogen (secondary N) is 1. The number of benzene rings is 4. The van der Waals surface area contributed by atoms with Crippen LogP contribution in [0.1, 0.15) is 40.4 Å². The van der Waals surface area contributed by atoms with Crippen LogP contribution in [0.4, 0.5) is 28.4 Å². The van der Waals surface area contributed by atoms with Crippen LogP contribution in [0.15, 0.2) is 139 Å². The number of rotatable bonds is 6. The Bertz CT molecular complexity index is 2830. The molecule has 4 aliphatic rings. The Morgan fingerprint density at radius 3 is 1.95 bits per heavy atom. The van der Waals surface area contributed by atoms with E-state index in [1.54, 1.807) is 6.20 Å². The van der Waals surface area contributed by atoms with Gasteiger partial charge in [-0.2, -0.15) is 0 Å². The number of hydrogen-bond donors (Lipinski definition) is 3. The molecule has 10 heteroatoms. The van der Waals surface area contributed by atoms with Crippen LogP contribution in [-0.2, 0) is 12.8 Å². The van der Waals surface area contributed by atoms with Crippen molar-refractivity contribution in [3.8, 4) is 11.4 Å². The van der Waals surface area contributed by atoms with Crippen molar-refractivity contribution in [2.75, 3.05) is 87.7 Å². The summed E-state index contributed by atoms with van der Waals surface area (Å²) in [7, 11) is 4.35. The first-order valence-electron chi connectivity index (χ1n) is 22.3. The van der Waals surface area contributed by atoms with Crippen molar-refractivity contribution >= 4 is 62.3 Å². The molecule has 0 saturated carbocycles. The summed E-state index contributed by atoms with van der Waals surface area (Å²) in [6.45, 7) is 14.8. The predicted octanol–water partition coefficient (Wildman–Crippen LogP) is 9.47. The molecule has 1 aliphatic carbocycles. The molecule has 6 heterocycles. The van der Waals surface area contributed by atoms with E-state index in [4.69, 9.17) is 16.5 Å². The number of piperazine rings is 2. The highest BCUT2D eigenvalue weighted by molar-refractivity contribution is 6.07. The van der Waals surface area contributed by atoms with Gasteiger partial charge in [0.2, 0.25) is 0 Å². The first-order chi connectivity index (χ1) is 31.1. The fourth-order valence-electron chi connectivity index (χ4n) is 8.73. The van der Waals surface area contributed by atoms with Gasteiger partial charge in [-0.1, -0.05) is 48.6 Å². The Labute approximate surface area is 377 Å².